The Bertz CT molecular complexity index is 150. The van der Waals surface area contributed by atoms with Crippen molar-refractivity contribution in [3.8, 4) is 0 Å². The average molecular weight is 158 g/mol. The van der Waals surface area contributed by atoms with Gasteiger partial charge in [-0.15, -0.1) is 11.8 Å². The zero-order valence-electron chi connectivity index (χ0n) is 6.93. The average Bonchev–Trinajstić information content (AvgIpc) is 1.98. The van der Waals surface area contributed by atoms with Gasteiger partial charge in [0.05, 0.1) is 6.34 Å². The second kappa shape index (κ2) is 5.35. The highest BCUT2D eigenvalue weighted by Gasteiger charge is 1.90. The first-order valence-electron chi connectivity index (χ1n) is 3.11. The highest BCUT2D eigenvalue weighted by Crippen LogP contribution is 2.12. The summed E-state index contributed by atoms with van der Waals surface area (Å²) in [5, 5.41) is 3.05. The smallest absolute Gasteiger partial charge is 0.0862 e. The van der Waals surface area contributed by atoms with E-state index in [2.05, 4.69) is 23.5 Å². The van der Waals surface area contributed by atoms with Crippen LogP contribution in [0.1, 0.15) is 13.8 Å². The van der Waals surface area contributed by atoms with Crippen LogP contribution in [0.2, 0.25) is 0 Å². The molecule has 10 heavy (non-hydrogen) atoms. The van der Waals surface area contributed by atoms with E-state index in [1.807, 2.05) is 6.92 Å². The van der Waals surface area contributed by atoms with Gasteiger partial charge < -0.3 is 5.32 Å². The Morgan fingerprint density at radius 1 is 1.50 bits per heavy atom. The third-order valence-corrected chi connectivity index (χ3v) is 2.16. The minimum absolute atomic E-state index is 1.16. The lowest BCUT2D eigenvalue weighted by molar-refractivity contribution is 1.12. The lowest BCUT2D eigenvalue weighted by Gasteiger charge is -2.02. The van der Waals surface area contributed by atoms with Gasteiger partial charge in [0.2, 0.25) is 0 Å². The van der Waals surface area contributed by atoms with E-state index in [4.69, 9.17) is 0 Å². The van der Waals surface area contributed by atoms with Crippen molar-refractivity contribution in [1.29, 1.82) is 0 Å². The van der Waals surface area contributed by atoms with Gasteiger partial charge in [-0.3, -0.25) is 4.99 Å². The minimum atomic E-state index is 1.16. The van der Waals surface area contributed by atoms with Gasteiger partial charge in [-0.1, -0.05) is 0 Å². The minimum Gasteiger partial charge on any atom is -0.350 e. The van der Waals surface area contributed by atoms with Gasteiger partial charge >= 0.3 is 0 Å². The number of allylic oxidation sites excluding steroid dienone is 2. The molecule has 0 bridgehead atoms. The van der Waals surface area contributed by atoms with Crippen molar-refractivity contribution in [1.82, 2.24) is 5.32 Å². The van der Waals surface area contributed by atoms with Crippen LogP contribution in [-0.4, -0.2) is 19.6 Å². The Labute approximate surface area is 66.8 Å². The number of nitrogens with one attached hydrogen (secondary N) is 1. The summed E-state index contributed by atoms with van der Waals surface area (Å²) in [6.45, 7) is 4.12. The molecule has 0 unspecified atom stereocenters. The second-order valence-electron chi connectivity index (χ2n) is 1.92. The Morgan fingerprint density at radius 2 is 2.10 bits per heavy atom. The van der Waals surface area contributed by atoms with Crippen molar-refractivity contribution in [2.75, 3.05) is 13.3 Å². The van der Waals surface area contributed by atoms with E-state index in [1.165, 1.54) is 4.91 Å². The van der Waals surface area contributed by atoms with Crippen LogP contribution in [-0.2, 0) is 0 Å². The van der Waals surface area contributed by atoms with E-state index in [9.17, 15) is 0 Å². The number of thioether (sulfide) groups is 1. The monoisotopic (exact) mass is 158 g/mol. The van der Waals surface area contributed by atoms with Crippen LogP contribution in [0.5, 0.6) is 0 Å². The molecule has 0 aromatic rings. The molecule has 0 aliphatic carbocycles. The molecule has 3 heteroatoms. The lowest BCUT2D eigenvalue weighted by atomic mass is 10.4. The second-order valence-corrected chi connectivity index (χ2v) is 2.94. The third kappa shape index (κ3) is 3.56. The first kappa shape index (κ1) is 9.56. The van der Waals surface area contributed by atoms with E-state index in [1.54, 1.807) is 25.1 Å². The quantitative estimate of drug-likeness (QED) is 0.500. The first-order chi connectivity index (χ1) is 4.72. The van der Waals surface area contributed by atoms with E-state index in [0.717, 1.165) is 5.70 Å². The van der Waals surface area contributed by atoms with Crippen LogP contribution < -0.4 is 5.32 Å². The molecule has 0 aliphatic heterocycles. The van der Waals surface area contributed by atoms with Gasteiger partial charge in [-0.25, -0.2) is 0 Å². The molecule has 0 saturated heterocycles. The molecule has 0 heterocycles. The largest absolute Gasteiger partial charge is 0.350 e. The van der Waals surface area contributed by atoms with Gasteiger partial charge in [0.25, 0.3) is 0 Å². The Kier molecular flexibility index (Phi) is 5.12. The Balaban J connectivity index is 3.91. The van der Waals surface area contributed by atoms with E-state index >= 15 is 0 Å². The van der Waals surface area contributed by atoms with Crippen molar-refractivity contribution in [3.05, 3.63) is 10.6 Å². The van der Waals surface area contributed by atoms with E-state index in [-0.39, 0.29) is 0 Å². The fraction of sp³-hybridized carbons (Fsp3) is 0.571. The summed E-state index contributed by atoms with van der Waals surface area (Å²) in [6.07, 6.45) is 3.75. The molecule has 0 aromatic carbocycles. The van der Waals surface area contributed by atoms with Gasteiger partial charge in [0.15, 0.2) is 0 Å². The van der Waals surface area contributed by atoms with Crippen LogP contribution in [0.3, 0.4) is 0 Å². The zero-order valence-corrected chi connectivity index (χ0v) is 7.75. The predicted molar refractivity (Wildman–Crippen MR) is 49.4 cm³/mol. The van der Waals surface area contributed by atoms with Crippen LogP contribution >= 0.6 is 11.8 Å². The predicted octanol–water partition coefficient (Wildman–Crippen LogP) is 1.85. The van der Waals surface area contributed by atoms with Gasteiger partial charge in [0, 0.05) is 17.6 Å². The summed E-state index contributed by atoms with van der Waals surface area (Å²) in [4.78, 5) is 5.10. The summed E-state index contributed by atoms with van der Waals surface area (Å²) >= 11 is 1.74. The molecule has 0 aromatic heterocycles. The van der Waals surface area contributed by atoms with E-state index in [0.29, 0.717) is 0 Å². The molecule has 0 aliphatic rings. The fourth-order valence-corrected chi connectivity index (χ4v) is 0.781. The molecule has 2 nitrogen and oxygen atoms in total. The van der Waals surface area contributed by atoms with Gasteiger partial charge in [-0.05, 0) is 20.1 Å². The highest BCUT2D eigenvalue weighted by atomic mass is 32.2. The molecular formula is C7H14N2S. The highest BCUT2D eigenvalue weighted by molar-refractivity contribution is 8.02. The standard InChI is InChI=1S/C7H14N2S/c1-6(7(2)10-4)9-5-8-3/h5H,1-4H3,(H,8,9)/b7-6-. The molecule has 0 rings (SSSR count). The molecule has 58 valence electrons. The Hall–Kier alpha value is -0.440. The molecular weight excluding hydrogens is 144 g/mol. The van der Waals surface area contributed by atoms with Crippen LogP contribution in [0.4, 0.5) is 0 Å². The van der Waals surface area contributed by atoms with Crippen molar-refractivity contribution < 1.29 is 0 Å². The number of hydrogen-bond acceptors (Lipinski definition) is 2. The maximum atomic E-state index is 3.81. The van der Waals surface area contributed by atoms with Crippen LogP contribution in [0.15, 0.2) is 15.6 Å². The molecule has 0 spiro atoms. The summed E-state index contributed by atoms with van der Waals surface area (Å²) in [5.74, 6) is 0. The Morgan fingerprint density at radius 3 is 2.50 bits per heavy atom. The summed E-state index contributed by atoms with van der Waals surface area (Å²) in [7, 11) is 1.74. The summed E-state index contributed by atoms with van der Waals surface area (Å²) in [6, 6.07) is 0. The van der Waals surface area contributed by atoms with Crippen molar-refractivity contribution >= 4 is 18.1 Å². The third-order valence-electron chi connectivity index (χ3n) is 1.24. The topological polar surface area (TPSA) is 24.4 Å². The van der Waals surface area contributed by atoms with Crippen molar-refractivity contribution in [2.24, 2.45) is 4.99 Å². The van der Waals surface area contributed by atoms with Gasteiger partial charge in [0.1, 0.15) is 0 Å². The lowest BCUT2D eigenvalue weighted by Crippen LogP contribution is -2.08. The van der Waals surface area contributed by atoms with Crippen molar-refractivity contribution in [2.45, 2.75) is 13.8 Å². The molecule has 1 N–H and O–H groups in total. The maximum Gasteiger partial charge on any atom is 0.0862 e. The number of aliphatic imine (C=N–C) groups is 1. The van der Waals surface area contributed by atoms with Crippen molar-refractivity contribution in [3.63, 3.8) is 0 Å². The maximum absolute atomic E-state index is 3.81. The van der Waals surface area contributed by atoms with E-state index < -0.39 is 0 Å². The number of nitrogens with zero attached hydrogens (tertiary/aromatic N) is 1. The summed E-state index contributed by atoms with van der Waals surface area (Å²) < 4.78 is 0. The molecule has 0 amide bonds. The van der Waals surface area contributed by atoms with Crippen LogP contribution in [0.25, 0.3) is 0 Å². The molecule has 0 radical (unpaired) electrons. The number of rotatable bonds is 3. The normalized spacial score (nSPS) is 13.6. The molecule has 0 fully saturated rings. The molecule has 0 atom stereocenters. The summed E-state index contributed by atoms with van der Waals surface area (Å²) in [5.41, 5.74) is 1.16. The number of hydrogen-bond donors (Lipinski definition) is 1. The van der Waals surface area contributed by atoms with Crippen LogP contribution in [0, 0.1) is 0 Å². The first-order valence-corrected chi connectivity index (χ1v) is 4.33. The SMILES string of the molecule is CN=CN/C(C)=C(/C)SC. The van der Waals surface area contributed by atoms with Gasteiger partial charge in [-0.2, -0.15) is 0 Å². The molecule has 0 saturated carbocycles. The fourth-order valence-electron chi connectivity index (χ4n) is 0.416. The zero-order chi connectivity index (χ0) is 7.98.